The van der Waals surface area contributed by atoms with E-state index in [1.807, 2.05) is 37.5 Å². The van der Waals surface area contributed by atoms with Crippen molar-refractivity contribution in [3.63, 3.8) is 0 Å². The quantitative estimate of drug-likeness (QED) is 0.791. The number of methoxy groups -OCH3 is 1. The number of para-hydroxylation sites is 1. The molecule has 0 amide bonds. The summed E-state index contributed by atoms with van der Waals surface area (Å²) in [5.74, 6) is 0.873. The number of fused-ring (bicyclic) bond motifs is 1. The standard InChI is InChI=1S/C18H18N2O/c1-19-11-15-10-16(21-2)7-8-17(15)14-9-13-5-3-4-6-18(13)20-12-14/h3-10,12,19H,11H2,1-2H3. The van der Waals surface area contributed by atoms with Crippen molar-refractivity contribution in [2.45, 2.75) is 6.54 Å². The van der Waals surface area contributed by atoms with E-state index < -0.39 is 0 Å². The van der Waals surface area contributed by atoms with Gasteiger partial charge in [0.15, 0.2) is 0 Å². The highest BCUT2D eigenvalue weighted by Crippen LogP contribution is 2.28. The number of hydrogen-bond acceptors (Lipinski definition) is 3. The topological polar surface area (TPSA) is 34.1 Å². The lowest BCUT2D eigenvalue weighted by Gasteiger charge is -2.12. The zero-order chi connectivity index (χ0) is 14.7. The molecule has 3 aromatic rings. The lowest BCUT2D eigenvalue weighted by atomic mass is 9.99. The summed E-state index contributed by atoms with van der Waals surface area (Å²) in [6, 6.07) is 16.5. The molecule has 2 aromatic carbocycles. The Kier molecular flexibility index (Phi) is 3.84. The zero-order valence-corrected chi connectivity index (χ0v) is 12.3. The number of ether oxygens (including phenoxy) is 1. The molecule has 1 aromatic heterocycles. The van der Waals surface area contributed by atoms with Crippen LogP contribution in [0.15, 0.2) is 54.7 Å². The van der Waals surface area contributed by atoms with Crippen molar-refractivity contribution in [3.05, 3.63) is 60.3 Å². The fourth-order valence-electron chi connectivity index (χ4n) is 2.53. The Morgan fingerprint density at radius 1 is 1.10 bits per heavy atom. The summed E-state index contributed by atoms with van der Waals surface area (Å²) in [5, 5.41) is 4.36. The van der Waals surface area contributed by atoms with E-state index in [2.05, 4.69) is 34.6 Å². The highest BCUT2D eigenvalue weighted by molar-refractivity contribution is 5.84. The number of aromatic nitrogens is 1. The lowest BCUT2D eigenvalue weighted by molar-refractivity contribution is 0.414. The van der Waals surface area contributed by atoms with E-state index in [1.54, 1.807) is 7.11 Å². The maximum absolute atomic E-state index is 5.32. The third kappa shape index (κ3) is 2.73. The molecule has 3 heteroatoms. The minimum atomic E-state index is 0.791. The zero-order valence-electron chi connectivity index (χ0n) is 12.3. The smallest absolute Gasteiger partial charge is 0.119 e. The molecular weight excluding hydrogens is 260 g/mol. The van der Waals surface area contributed by atoms with Crippen molar-refractivity contribution in [2.75, 3.05) is 14.2 Å². The molecule has 3 rings (SSSR count). The van der Waals surface area contributed by atoms with E-state index in [-0.39, 0.29) is 0 Å². The highest BCUT2D eigenvalue weighted by atomic mass is 16.5. The molecule has 0 saturated heterocycles. The molecule has 0 aliphatic carbocycles. The second-order valence-corrected chi connectivity index (χ2v) is 4.97. The average molecular weight is 278 g/mol. The molecule has 3 nitrogen and oxygen atoms in total. The van der Waals surface area contributed by atoms with Gasteiger partial charge in [0.2, 0.25) is 0 Å². The van der Waals surface area contributed by atoms with Gasteiger partial charge in [0.1, 0.15) is 5.75 Å². The normalized spacial score (nSPS) is 10.8. The number of rotatable bonds is 4. The number of benzene rings is 2. The molecule has 0 unspecified atom stereocenters. The Morgan fingerprint density at radius 2 is 1.95 bits per heavy atom. The van der Waals surface area contributed by atoms with Gasteiger partial charge in [-0.05, 0) is 42.4 Å². The Hall–Kier alpha value is -2.39. The van der Waals surface area contributed by atoms with Crippen LogP contribution in [0.3, 0.4) is 0 Å². The molecule has 0 spiro atoms. The van der Waals surface area contributed by atoms with Gasteiger partial charge in [-0.15, -0.1) is 0 Å². The van der Waals surface area contributed by atoms with Crippen LogP contribution in [0.5, 0.6) is 5.75 Å². The maximum atomic E-state index is 5.32. The van der Waals surface area contributed by atoms with Gasteiger partial charge in [-0.1, -0.05) is 24.3 Å². The van der Waals surface area contributed by atoms with E-state index in [9.17, 15) is 0 Å². The Morgan fingerprint density at radius 3 is 2.76 bits per heavy atom. The van der Waals surface area contributed by atoms with Gasteiger partial charge in [-0.2, -0.15) is 0 Å². The molecule has 106 valence electrons. The largest absolute Gasteiger partial charge is 0.497 e. The van der Waals surface area contributed by atoms with Crippen LogP contribution in [0, 0.1) is 0 Å². The first-order valence-corrected chi connectivity index (χ1v) is 6.98. The van der Waals surface area contributed by atoms with E-state index in [4.69, 9.17) is 4.74 Å². The van der Waals surface area contributed by atoms with Gasteiger partial charge in [0.25, 0.3) is 0 Å². The van der Waals surface area contributed by atoms with Crippen LogP contribution in [-0.4, -0.2) is 19.1 Å². The first-order chi connectivity index (χ1) is 10.3. The SMILES string of the molecule is CNCc1cc(OC)ccc1-c1cnc2ccccc2c1. The summed E-state index contributed by atoms with van der Waals surface area (Å²) >= 11 is 0. The first-order valence-electron chi connectivity index (χ1n) is 6.98. The van der Waals surface area contributed by atoms with Gasteiger partial charge in [0, 0.05) is 23.7 Å². The van der Waals surface area contributed by atoms with Crippen LogP contribution in [0.1, 0.15) is 5.56 Å². The van der Waals surface area contributed by atoms with Crippen LogP contribution in [0.25, 0.3) is 22.0 Å². The van der Waals surface area contributed by atoms with Crippen molar-refractivity contribution in [1.29, 1.82) is 0 Å². The maximum Gasteiger partial charge on any atom is 0.119 e. The minimum Gasteiger partial charge on any atom is -0.497 e. The number of nitrogens with zero attached hydrogens (tertiary/aromatic N) is 1. The third-order valence-corrected chi connectivity index (χ3v) is 3.58. The lowest BCUT2D eigenvalue weighted by Crippen LogP contribution is -2.06. The molecule has 1 heterocycles. The molecule has 1 N–H and O–H groups in total. The van der Waals surface area contributed by atoms with Crippen molar-refractivity contribution >= 4 is 10.9 Å². The van der Waals surface area contributed by atoms with Crippen molar-refractivity contribution in [2.24, 2.45) is 0 Å². The van der Waals surface area contributed by atoms with Crippen LogP contribution in [-0.2, 0) is 6.54 Å². The van der Waals surface area contributed by atoms with Crippen LogP contribution < -0.4 is 10.1 Å². The Balaban J connectivity index is 2.12. The molecule has 0 saturated carbocycles. The summed E-state index contributed by atoms with van der Waals surface area (Å²) in [5.41, 5.74) is 4.53. The molecule has 21 heavy (non-hydrogen) atoms. The van der Waals surface area contributed by atoms with Crippen molar-refractivity contribution in [1.82, 2.24) is 10.3 Å². The molecule has 0 aliphatic rings. The average Bonchev–Trinajstić information content (AvgIpc) is 2.54. The Bertz CT molecular complexity index is 768. The van der Waals surface area contributed by atoms with Crippen LogP contribution in [0.4, 0.5) is 0 Å². The van der Waals surface area contributed by atoms with Crippen molar-refractivity contribution in [3.8, 4) is 16.9 Å². The second-order valence-electron chi connectivity index (χ2n) is 4.97. The summed E-state index contributed by atoms with van der Waals surface area (Å²) in [6.07, 6.45) is 1.93. The van der Waals surface area contributed by atoms with Crippen molar-refractivity contribution < 1.29 is 4.74 Å². The molecule has 0 radical (unpaired) electrons. The van der Waals surface area contributed by atoms with Gasteiger partial charge < -0.3 is 10.1 Å². The molecule has 0 fully saturated rings. The molecule has 0 aliphatic heterocycles. The molecular formula is C18H18N2O. The highest BCUT2D eigenvalue weighted by Gasteiger charge is 2.08. The monoisotopic (exact) mass is 278 g/mol. The second kappa shape index (κ2) is 5.94. The van der Waals surface area contributed by atoms with Crippen LogP contribution >= 0.6 is 0 Å². The summed E-state index contributed by atoms with van der Waals surface area (Å²) in [7, 11) is 3.64. The number of nitrogens with one attached hydrogen (secondary N) is 1. The Labute approximate surface area is 124 Å². The molecule has 0 atom stereocenters. The van der Waals surface area contributed by atoms with Gasteiger partial charge >= 0.3 is 0 Å². The predicted molar refractivity (Wildman–Crippen MR) is 86.5 cm³/mol. The summed E-state index contributed by atoms with van der Waals surface area (Å²) in [6.45, 7) is 0.791. The van der Waals surface area contributed by atoms with Gasteiger partial charge in [-0.3, -0.25) is 4.98 Å². The van der Waals surface area contributed by atoms with Gasteiger partial charge in [0.05, 0.1) is 12.6 Å². The minimum absolute atomic E-state index is 0.791. The van der Waals surface area contributed by atoms with E-state index >= 15 is 0 Å². The van der Waals surface area contributed by atoms with Crippen LogP contribution in [0.2, 0.25) is 0 Å². The fraction of sp³-hybridized carbons (Fsp3) is 0.167. The fourth-order valence-corrected chi connectivity index (χ4v) is 2.53. The first kappa shape index (κ1) is 13.6. The number of pyridine rings is 1. The van der Waals surface area contributed by atoms with Gasteiger partial charge in [-0.25, -0.2) is 0 Å². The third-order valence-electron chi connectivity index (χ3n) is 3.58. The van der Waals surface area contributed by atoms with E-state index in [0.29, 0.717) is 0 Å². The van der Waals surface area contributed by atoms with E-state index in [0.717, 1.165) is 28.8 Å². The number of hydrogen-bond donors (Lipinski definition) is 1. The summed E-state index contributed by atoms with van der Waals surface area (Å²) in [4.78, 5) is 4.55. The predicted octanol–water partition coefficient (Wildman–Crippen LogP) is 3.63. The van der Waals surface area contributed by atoms with E-state index in [1.165, 1.54) is 11.1 Å². The summed E-state index contributed by atoms with van der Waals surface area (Å²) < 4.78 is 5.32. The molecule has 0 bridgehead atoms.